The minimum Gasteiger partial charge on any atom is -0.466 e. The van der Waals surface area contributed by atoms with Crippen LogP contribution in [0.5, 0.6) is 11.6 Å². The third-order valence-corrected chi connectivity index (χ3v) is 4.34. The van der Waals surface area contributed by atoms with Crippen molar-refractivity contribution in [1.29, 1.82) is 0 Å². The van der Waals surface area contributed by atoms with E-state index >= 15 is 0 Å². The van der Waals surface area contributed by atoms with Crippen LogP contribution in [0.15, 0.2) is 12.1 Å². The van der Waals surface area contributed by atoms with Crippen molar-refractivity contribution in [2.24, 2.45) is 0 Å². The van der Waals surface area contributed by atoms with Crippen LogP contribution in [0.2, 0.25) is 10.0 Å². The highest BCUT2D eigenvalue weighted by Gasteiger charge is 2.23. The van der Waals surface area contributed by atoms with Crippen LogP contribution < -0.4 is 9.47 Å². The van der Waals surface area contributed by atoms with Crippen molar-refractivity contribution in [1.82, 2.24) is 13.6 Å². The molecule has 0 saturated carbocycles. The molecule has 1 aromatic carbocycles. The molecule has 7 nitrogen and oxygen atoms in total. The summed E-state index contributed by atoms with van der Waals surface area (Å²) >= 11 is 13.5. The molecule has 2 aromatic rings. The fourth-order valence-electron chi connectivity index (χ4n) is 1.97. The summed E-state index contributed by atoms with van der Waals surface area (Å²) in [6, 6.07) is 3.23. The summed E-state index contributed by atoms with van der Waals surface area (Å²) in [5.41, 5.74) is 0.660. The van der Waals surface area contributed by atoms with E-state index in [2.05, 4.69) is 8.75 Å². The summed E-state index contributed by atoms with van der Waals surface area (Å²) in [5.74, 6) is 0.418. The van der Waals surface area contributed by atoms with Gasteiger partial charge in [0.1, 0.15) is 5.75 Å². The van der Waals surface area contributed by atoms with Crippen LogP contribution in [-0.2, 0) is 4.74 Å². The predicted octanol–water partition coefficient (Wildman–Crippen LogP) is 4.34. The Bertz CT molecular complexity index is 742. The Hall–Kier alpha value is -1.61. The minimum absolute atomic E-state index is 0.0275. The monoisotopic (exact) mass is 405 g/mol. The third kappa shape index (κ3) is 4.72. The van der Waals surface area contributed by atoms with Crippen molar-refractivity contribution < 1.29 is 19.0 Å². The van der Waals surface area contributed by atoms with Crippen LogP contribution >= 0.6 is 34.9 Å². The van der Waals surface area contributed by atoms with Crippen LogP contribution in [-0.4, -0.2) is 47.2 Å². The summed E-state index contributed by atoms with van der Waals surface area (Å²) in [6.07, 6.45) is 0.277. The lowest BCUT2D eigenvalue weighted by atomic mass is 10.1. The van der Waals surface area contributed by atoms with Gasteiger partial charge in [0.2, 0.25) is 0 Å². The van der Waals surface area contributed by atoms with Crippen LogP contribution in [0.1, 0.15) is 13.3 Å². The lowest BCUT2D eigenvalue weighted by Crippen LogP contribution is -2.30. The predicted molar refractivity (Wildman–Crippen MR) is 96.8 cm³/mol. The van der Waals surface area contributed by atoms with E-state index in [0.717, 1.165) is 18.1 Å². The van der Waals surface area contributed by atoms with Gasteiger partial charge in [0, 0.05) is 26.3 Å². The maximum Gasteiger partial charge on any atom is 0.416 e. The summed E-state index contributed by atoms with van der Waals surface area (Å²) in [7, 11) is 3.14. The van der Waals surface area contributed by atoms with Gasteiger partial charge in [-0.2, -0.15) is 4.37 Å². The first-order valence-corrected chi connectivity index (χ1v) is 8.83. The van der Waals surface area contributed by atoms with Gasteiger partial charge in [0.05, 0.1) is 21.8 Å². The largest absolute Gasteiger partial charge is 0.466 e. The average Bonchev–Trinajstić information content (AvgIpc) is 3.02. The van der Waals surface area contributed by atoms with Crippen molar-refractivity contribution in [3.63, 3.8) is 0 Å². The van der Waals surface area contributed by atoms with Gasteiger partial charge in [0.25, 0.3) is 5.88 Å². The van der Waals surface area contributed by atoms with Gasteiger partial charge in [-0.25, -0.2) is 4.79 Å². The van der Waals surface area contributed by atoms with Gasteiger partial charge in [-0.15, -0.1) is 4.37 Å². The Labute approximate surface area is 159 Å². The molecule has 2 rings (SSSR count). The molecule has 25 heavy (non-hydrogen) atoms. The molecule has 0 saturated heterocycles. The summed E-state index contributed by atoms with van der Waals surface area (Å²) in [6.45, 7) is 2.55. The quantitative estimate of drug-likeness (QED) is 0.637. The van der Waals surface area contributed by atoms with Crippen molar-refractivity contribution in [3.8, 4) is 22.9 Å². The second-order valence-electron chi connectivity index (χ2n) is 4.99. The topological polar surface area (TPSA) is 73.8 Å². The summed E-state index contributed by atoms with van der Waals surface area (Å²) in [5, 5.41) is 0.568. The normalized spacial score (nSPS) is 10.6. The number of nitrogens with zero attached hydrogens (tertiary/aromatic N) is 3. The number of benzene rings is 1. The van der Waals surface area contributed by atoms with E-state index in [1.165, 1.54) is 12.0 Å². The van der Waals surface area contributed by atoms with Crippen molar-refractivity contribution in [2.45, 2.75) is 13.3 Å². The van der Waals surface area contributed by atoms with Crippen molar-refractivity contribution >= 4 is 41.0 Å². The standard InChI is InChI=1S/C15H17Cl2N3O4S/c1-4-7-20(2)15(21)24-14-13(18-25-19-14)11-9(16)5-6-10(12(11)17)23-8-22-3/h5-6H,4,7-8H2,1-3H3. The fourth-order valence-corrected chi connectivity index (χ4v) is 3.07. The van der Waals surface area contributed by atoms with Gasteiger partial charge < -0.3 is 19.1 Å². The molecule has 10 heteroatoms. The van der Waals surface area contributed by atoms with E-state index < -0.39 is 6.09 Å². The molecule has 1 heterocycles. The number of hydrogen-bond acceptors (Lipinski definition) is 7. The molecule has 1 aromatic heterocycles. The highest BCUT2D eigenvalue weighted by Crippen LogP contribution is 2.43. The second kappa shape index (κ2) is 9.19. The SMILES string of the molecule is CCCN(C)C(=O)Oc1nsnc1-c1c(Cl)ccc(OCOC)c1Cl. The molecule has 136 valence electrons. The van der Waals surface area contributed by atoms with E-state index in [1.54, 1.807) is 19.2 Å². The van der Waals surface area contributed by atoms with Crippen molar-refractivity contribution in [3.05, 3.63) is 22.2 Å². The van der Waals surface area contributed by atoms with Crippen LogP contribution in [0.3, 0.4) is 0 Å². The van der Waals surface area contributed by atoms with E-state index in [9.17, 15) is 4.79 Å². The Kier molecular flexibility index (Phi) is 7.24. The molecule has 0 fully saturated rings. The number of amides is 1. The molecule has 0 aliphatic rings. The molecule has 0 atom stereocenters. The zero-order valence-corrected chi connectivity index (χ0v) is 16.2. The second-order valence-corrected chi connectivity index (χ2v) is 6.31. The first-order chi connectivity index (χ1) is 12.0. The van der Waals surface area contributed by atoms with E-state index in [0.29, 0.717) is 22.9 Å². The van der Waals surface area contributed by atoms with Crippen molar-refractivity contribution in [2.75, 3.05) is 27.5 Å². The molecule has 0 aliphatic carbocycles. The number of aromatic nitrogens is 2. The molecule has 0 N–H and O–H groups in total. The van der Waals surface area contributed by atoms with E-state index in [-0.39, 0.29) is 23.4 Å². The number of rotatable bonds is 7. The highest BCUT2D eigenvalue weighted by molar-refractivity contribution is 6.99. The maximum atomic E-state index is 12.1. The van der Waals surface area contributed by atoms with Gasteiger partial charge in [-0.05, 0) is 18.6 Å². The fraction of sp³-hybridized carbons (Fsp3) is 0.400. The maximum absolute atomic E-state index is 12.1. The Morgan fingerprint density at radius 1 is 1.32 bits per heavy atom. The van der Waals surface area contributed by atoms with Crippen LogP contribution in [0.4, 0.5) is 4.79 Å². The molecular weight excluding hydrogens is 389 g/mol. The van der Waals surface area contributed by atoms with E-state index in [4.69, 9.17) is 37.4 Å². The molecular formula is C15H17Cl2N3O4S. The van der Waals surface area contributed by atoms with Gasteiger partial charge in [-0.1, -0.05) is 30.1 Å². The zero-order valence-electron chi connectivity index (χ0n) is 13.9. The lowest BCUT2D eigenvalue weighted by molar-refractivity contribution is 0.0512. The number of halogens is 2. The number of hydrogen-bond donors (Lipinski definition) is 0. The van der Waals surface area contributed by atoms with Gasteiger partial charge in [0.15, 0.2) is 12.5 Å². The van der Waals surface area contributed by atoms with Crippen LogP contribution in [0, 0.1) is 0 Å². The number of ether oxygens (including phenoxy) is 3. The Morgan fingerprint density at radius 3 is 2.76 bits per heavy atom. The molecule has 0 unspecified atom stereocenters. The molecule has 1 amide bonds. The number of carbonyl (C=O) groups excluding carboxylic acids is 1. The Balaban J connectivity index is 2.34. The van der Waals surface area contributed by atoms with E-state index in [1.807, 2.05) is 6.92 Å². The smallest absolute Gasteiger partial charge is 0.416 e. The number of methoxy groups -OCH3 is 1. The Morgan fingerprint density at radius 2 is 2.08 bits per heavy atom. The number of carbonyl (C=O) groups is 1. The molecule has 0 spiro atoms. The van der Waals surface area contributed by atoms with Gasteiger partial charge >= 0.3 is 6.09 Å². The zero-order chi connectivity index (χ0) is 18.4. The minimum atomic E-state index is -0.533. The lowest BCUT2D eigenvalue weighted by Gasteiger charge is -2.15. The summed E-state index contributed by atoms with van der Waals surface area (Å²) < 4.78 is 23.8. The molecule has 0 radical (unpaired) electrons. The third-order valence-electron chi connectivity index (χ3n) is 3.14. The highest BCUT2D eigenvalue weighted by atomic mass is 35.5. The summed E-state index contributed by atoms with van der Waals surface area (Å²) in [4.78, 5) is 13.5. The average molecular weight is 406 g/mol. The molecule has 0 aliphatic heterocycles. The first kappa shape index (κ1) is 19.7. The van der Waals surface area contributed by atoms with Crippen LogP contribution in [0.25, 0.3) is 11.3 Å². The first-order valence-electron chi connectivity index (χ1n) is 7.35. The van der Waals surface area contributed by atoms with Gasteiger partial charge in [-0.3, -0.25) is 0 Å². The molecule has 0 bridgehead atoms.